The van der Waals surface area contributed by atoms with Gasteiger partial charge < -0.3 is 30.3 Å². The quantitative estimate of drug-likeness (QED) is 0.428. The molecule has 0 aromatic heterocycles. The van der Waals surface area contributed by atoms with E-state index in [-0.39, 0.29) is 12.5 Å². The van der Waals surface area contributed by atoms with E-state index in [1.165, 1.54) is 12.8 Å². The third-order valence-electron chi connectivity index (χ3n) is 10.6. The van der Waals surface area contributed by atoms with Crippen molar-refractivity contribution in [2.75, 3.05) is 6.61 Å². The molecule has 3 aliphatic carbocycles. The molecule has 12 atom stereocenters. The van der Waals surface area contributed by atoms with E-state index in [2.05, 4.69) is 34.6 Å². The molecule has 0 aromatic carbocycles. The van der Waals surface area contributed by atoms with Crippen LogP contribution in [0.2, 0.25) is 0 Å². The van der Waals surface area contributed by atoms with Gasteiger partial charge in [0.15, 0.2) is 5.79 Å². The van der Waals surface area contributed by atoms with Crippen molar-refractivity contribution in [2.24, 2.45) is 46.3 Å². The van der Waals surface area contributed by atoms with E-state index >= 15 is 0 Å². The molecular weight excluding hydrogens is 396 g/mol. The molecule has 4 rings (SSSR count). The number of ether oxygens (including phenoxy) is 1. The predicted molar refractivity (Wildman–Crippen MR) is 117 cm³/mol. The van der Waals surface area contributed by atoms with Gasteiger partial charge in [0.05, 0.1) is 12.7 Å². The fourth-order valence-electron chi connectivity index (χ4n) is 8.36. The highest BCUT2D eigenvalue weighted by Gasteiger charge is 2.63. The van der Waals surface area contributed by atoms with Crippen LogP contribution in [0, 0.1) is 46.3 Å². The van der Waals surface area contributed by atoms with E-state index in [0.717, 1.165) is 19.3 Å². The van der Waals surface area contributed by atoms with Crippen LogP contribution in [0.4, 0.5) is 0 Å². The van der Waals surface area contributed by atoms with E-state index in [4.69, 9.17) is 4.74 Å². The van der Waals surface area contributed by atoms with Crippen molar-refractivity contribution in [3.63, 3.8) is 0 Å². The van der Waals surface area contributed by atoms with Crippen molar-refractivity contribution in [3.8, 4) is 0 Å². The first kappa shape index (κ1) is 23.9. The van der Waals surface area contributed by atoms with E-state index in [9.17, 15) is 25.5 Å². The van der Waals surface area contributed by atoms with Gasteiger partial charge in [-0.05, 0) is 72.5 Å². The fourth-order valence-corrected chi connectivity index (χ4v) is 8.36. The minimum atomic E-state index is -2.06. The fraction of sp³-hybridized carbons (Fsp3) is 1.00. The maximum atomic E-state index is 11.7. The van der Waals surface area contributed by atoms with Gasteiger partial charge in [0, 0.05) is 5.92 Å². The van der Waals surface area contributed by atoms with Gasteiger partial charge in [-0.15, -0.1) is 0 Å². The van der Waals surface area contributed by atoms with Crippen molar-refractivity contribution in [2.45, 2.75) is 103 Å². The summed E-state index contributed by atoms with van der Waals surface area (Å²) < 4.78 is 5.56. The Hall–Kier alpha value is -0.240. The van der Waals surface area contributed by atoms with Crippen LogP contribution in [-0.4, -0.2) is 62.3 Å². The third kappa shape index (κ3) is 3.52. The van der Waals surface area contributed by atoms with Gasteiger partial charge in [-0.2, -0.15) is 0 Å². The smallest absolute Gasteiger partial charge is 0.200 e. The summed E-state index contributed by atoms with van der Waals surface area (Å²) in [6.45, 7) is 11.3. The minimum absolute atomic E-state index is 0.244. The van der Waals surface area contributed by atoms with E-state index < -0.39 is 41.5 Å². The van der Waals surface area contributed by atoms with Crippen molar-refractivity contribution in [1.29, 1.82) is 0 Å². The van der Waals surface area contributed by atoms with E-state index in [0.29, 0.717) is 35.5 Å². The molecule has 5 N–H and O–H groups in total. The second-order valence-electron chi connectivity index (χ2n) is 12.4. The molecule has 180 valence electrons. The molecule has 6 heteroatoms. The molecule has 31 heavy (non-hydrogen) atoms. The molecule has 0 spiro atoms. The van der Waals surface area contributed by atoms with Crippen molar-refractivity contribution in [3.05, 3.63) is 0 Å². The highest BCUT2D eigenvalue weighted by atomic mass is 16.7. The molecule has 2 bridgehead atoms. The molecule has 4 aliphatic rings. The Labute approximate surface area is 187 Å². The number of hydrogen-bond acceptors (Lipinski definition) is 6. The molecule has 6 nitrogen and oxygen atoms in total. The molecule has 0 amide bonds. The van der Waals surface area contributed by atoms with Crippen LogP contribution in [0.1, 0.15) is 73.1 Å². The Morgan fingerprint density at radius 2 is 1.45 bits per heavy atom. The van der Waals surface area contributed by atoms with Crippen LogP contribution in [0.25, 0.3) is 0 Å². The van der Waals surface area contributed by atoms with Crippen LogP contribution in [-0.2, 0) is 4.74 Å². The monoisotopic (exact) mass is 440 g/mol. The van der Waals surface area contributed by atoms with Gasteiger partial charge in [-0.1, -0.05) is 41.0 Å². The summed E-state index contributed by atoms with van der Waals surface area (Å²) in [7, 11) is 0. The first-order valence-electron chi connectivity index (χ1n) is 12.4. The zero-order chi connectivity index (χ0) is 22.9. The van der Waals surface area contributed by atoms with Crippen molar-refractivity contribution >= 4 is 0 Å². The van der Waals surface area contributed by atoms with Gasteiger partial charge in [0.25, 0.3) is 0 Å². The summed E-state index contributed by atoms with van der Waals surface area (Å²) >= 11 is 0. The Morgan fingerprint density at radius 3 is 2.13 bits per heavy atom. The third-order valence-corrected chi connectivity index (χ3v) is 10.6. The predicted octanol–water partition coefficient (Wildman–Crippen LogP) is 2.30. The molecule has 0 radical (unpaired) electrons. The molecule has 4 fully saturated rings. The van der Waals surface area contributed by atoms with Gasteiger partial charge in [0.2, 0.25) is 0 Å². The molecular formula is C25H44O6. The number of aliphatic hydroxyl groups is 5. The summed E-state index contributed by atoms with van der Waals surface area (Å²) in [5, 5.41) is 53.8. The van der Waals surface area contributed by atoms with Crippen LogP contribution in [0.5, 0.6) is 0 Å². The van der Waals surface area contributed by atoms with Gasteiger partial charge in [-0.25, -0.2) is 0 Å². The molecule has 0 aromatic rings. The van der Waals surface area contributed by atoms with Crippen molar-refractivity contribution in [1.82, 2.24) is 0 Å². The highest BCUT2D eigenvalue weighted by molar-refractivity contribution is 5.09. The van der Waals surface area contributed by atoms with Gasteiger partial charge in [0.1, 0.15) is 18.3 Å². The minimum Gasteiger partial charge on any atom is -0.392 e. The summed E-state index contributed by atoms with van der Waals surface area (Å²) in [5.41, 5.74) is -0.103. The number of hydrogen-bond donors (Lipinski definition) is 5. The SMILES string of the molecule is C[C@@H]1CC(C2(O)OC[C@@H](O)[C@H](O)[C@H]2O)C(O)[C@@]2(C)CC[C@H]3[C@H](C)CC[C@@H](C[C@H]12)C3(C)C. The van der Waals surface area contributed by atoms with Crippen molar-refractivity contribution < 1.29 is 30.3 Å². The van der Waals surface area contributed by atoms with E-state index in [1.807, 2.05) is 0 Å². The second-order valence-corrected chi connectivity index (χ2v) is 12.4. The number of fused-ring (bicyclic) bond motifs is 3. The molecule has 3 saturated carbocycles. The second kappa shape index (κ2) is 7.92. The lowest BCUT2D eigenvalue weighted by molar-refractivity contribution is -0.364. The zero-order valence-corrected chi connectivity index (χ0v) is 19.9. The lowest BCUT2D eigenvalue weighted by Gasteiger charge is -2.61. The summed E-state index contributed by atoms with van der Waals surface area (Å²) in [4.78, 5) is 0. The highest BCUT2D eigenvalue weighted by Crippen LogP contribution is 2.62. The van der Waals surface area contributed by atoms with Crippen LogP contribution in [0.15, 0.2) is 0 Å². The number of aliphatic hydroxyl groups excluding tert-OH is 4. The zero-order valence-electron chi connectivity index (χ0n) is 19.9. The first-order valence-corrected chi connectivity index (χ1v) is 12.4. The summed E-state index contributed by atoms with van der Waals surface area (Å²) in [6.07, 6.45) is 0.793. The molecule has 1 heterocycles. The molecule has 3 unspecified atom stereocenters. The van der Waals surface area contributed by atoms with Crippen LogP contribution < -0.4 is 0 Å². The largest absolute Gasteiger partial charge is 0.392 e. The average Bonchev–Trinajstić information content (AvgIpc) is 2.70. The molecule has 1 saturated heterocycles. The van der Waals surface area contributed by atoms with Crippen LogP contribution in [0.3, 0.4) is 0 Å². The lowest BCUT2D eigenvalue weighted by Crippen LogP contribution is -2.69. The first-order chi connectivity index (χ1) is 14.3. The maximum Gasteiger partial charge on any atom is 0.200 e. The normalized spacial score (nSPS) is 57.5. The lowest BCUT2D eigenvalue weighted by atomic mass is 9.46. The molecule has 1 aliphatic heterocycles. The Kier molecular flexibility index (Phi) is 6.10. The topological polar surface area (TPSA) is 110 Å². The summed E-state index contributed by atoms with van der Waals surface area (Å²) in [5.74, 6) is -0.295. The maximum absolute atomic E-state index is 11.7. The summed E-state index contributed by atoms with van der Waals surface area (Å²) in [6, 6.07) is 0. The standard InChI is InChI=1S/C25H44O6/c1-13-6-7-15-11-17-14(2)10-18(25(30)22(29)20(27)19(26)12-31-25)21(28)24(17,5)9-8-16(13)23(15,3)4/h13-22,26-30H,6-12H2,1-5H3/t13-,14-,15+,16+,17-,18?,19-,20+,21?,22-,24+,25?/m1/s1. The number of rotatable bonds is 1. The van der Waals surface area contributed by atoms with E-state index in [1.54, 1.807) is 0 Å². The Balaban J connectivity index is 1.66. The Bertz CT molecular complexity index is 668. The Morgan fingerprint density at radius 1 is 0.774 bits per heavy atom. The van der Waals surface area contributed by atoms with Crippen LogP contribution >= 0.6 is 0 Å². The van der Waals surface area contributed by atoms with Gasteiger partial charge in [-0.3, -0.25) is 0 Å². The van der Waals surface area contributed by atoms with Gasteiger partial charge >= 0.3 is 0 Å². The average molecular weight is 441 g/mol.